The average molecular weight is 318 g/mol. The molecule has 0 aliphatic carbocycles. The highest BCUT2D eigenvalue weighted by molar-refractivity contribution is 5.92. The molecule has 0 aliphatic rings. The van der Waals surface area contributed by atoms with E-state index in [-0.39, 0.29) is 0 Å². The second-order valence-corrected chi connectivity index (χ2v) is 5.34. The van der Waals surface area contributed by atoms with Gasteiger partial charge in [0.15, 0.2) is 0 Å². The van der Waals surface area contributed by atoms with Gasteiger partial charge in [0.25, 0.3) is 0 Å². The number of benzene rings is 2. The Morgan fingerprint density at radius 2 is 1.50 bits per heavy atom. The number of hydrogen-bond acceptors (Lipinski definition) is 4. The summed E-state index contributed by atoms with van der Waals surface area (Å²) in [5.74, 6) is 2.02. The monoisotopic (exact) mass is 318 g/mol. The van der Waals surface area contributed by atoms with E-state index in [0.29, 0.717) is 22.7 Å². The van der Waals surface area contributed by atoms with Gasteiger partial charge in [0, 0.05) is 17.0 Å². The van der Waals surface area contributed by atoms with E-state index in [1.54, 1.807) is 13.2 Å². The zero-order valence-corrected chi connectivity index (χ0v) is 13.0. The Hall–Kier alpha value is -3.27. The molecule has 0 bridgehead atoms. The smallest absolute Gasteiger partial charge is 0.336 e. The Balaban J connectivity index is 1.88. The van der Waals surface area contributed by atoms with Crippen LogP contribution in [0.4, 0.5) is 0 Å². The summed E-state index contributed by atoms with van der Waals surface area (Å²) < 4.78 is 16.6. The van der Waals surface area contributed by atoms with Crippen LogP contribution in [0.3, 0.4) is 0 Å². The van der Waals surface area contributed by atoms with E-state index >= 15 is 0 Å². The first kappa shape index (κ1) is 14.3. The highest BCUT2D eigenvalue weighted by atomic mass is 16.5. The minimum Gasteiger partial charge on any atom is -0.496 e. The fourth-order valence-corrected chi connectivity index (χ4v) is 2.79. The molecule has 4 rings (SSSR count). The summed E-state index contributed by atoms with van der Waals surface area (Å²) in [5, 5.41) is 0.832. The third kappa shape index (κ3) is 2.38. The van der Waals surface area contributed by atoms with E-state index in [1.807, 2.05) is 54.6 Å². The van der Waals surface area contributed by atoms with Crippen LogP contribution in [0.2, 0.25) is 0 Å². The molecule has 4 nitrogen and oxygen atoms in total. The lowest BCUT2D eigenvalue weighted by atomic mass is 10.1. The summed E-state index contributed by atoms with van der Waals surface area (Å²) in [5.41, 5.74) is 1.70. The van der Waals surface area contributed by atoms with Crippen molar-refractivity contribution in [3.8, 4) is 28.4 Å². The van der Waals surface area contributed by atoms with Gasteiger partial charge in [0.2, 0.25) is 0 Å². The molecule has 118 valence electrons. The van der Waals surface area contributed by atoms with Gasteiger partial charge in [-0.25, -0.2) is 4.79 Å². The van der Waals surface area contributed by atoms with E-state index in [0.717, 1.165) is 16.7 Å². The Labute approximate surface area is 137 Å². The third-order valence-corrected chi connectivity index (χ3v) is 3.89. The molecule has 4 heteroatoms. The Morgan fingerprint density at radius 1 is 0.792 bits per heavy atom. The van der Waals surface area contributed by atoms with Crippen molar-refractivity contribution in [2.24, 2.45) is 0 Å². The molecule has 4 aromatic rings. The molecular formula is C20H14O4. The summed E-state index contributed by atoms with van der Waals surface area (Å²) in [6.45, 7) is 0. The lowest BCUT2D eigenvalue weighted by Crippen LogP contribution is -1.97. The van der Waals surface area contributed by atoms with E-state index in [2.05, 4.69) is 0 Å². The fraction of sp³-hybridized carbons (Fsp3) is 0.0500. The Morgan fingerprint density at radius 3 is 2.33 bits per heavy atom. The third-order valence-electron chi connectivity index (χ3n) is 3.89. The van der Waals surface area contributed by atoms with E-state index in [1.165, 1.54) is 6.07 Å². The molecule has 0 amide bonds. The molecule has 2 aromatic carbocycles. The van der Waals surface area contributed by atoms with Crippen molar-refractivity contribution >= 4 is 11.0 Å². The maximum Gasteiger partial charge on any atom is 0.336 e. The maximum atomic E-state index is 11.8. The number of para-hydroxylation sites is 2. The summed E-state index contributed by atoms with van der Waals surface area (Å²) >= 11 is 0. The van der Waals surface area contributed by atoms with E-state index in [9.17, 15) is 4.79 Å². The lowest BCUT2D eigenvalue weighted by Gasteiger charge is -2.05. The molecule has 0 fully saturated rings. The first-order chi connectivity index (χ1) is 11.8. The molecule has 2 heterocycles. The van der Waals surface area contributed by atoms with Crippen LogP contribution in [0.1, 0.15) is 0 Å². The molecule has 0 N–H and O–H groups in total. The zero-order valence-electron chi connectivity index (χ0n) is 13.0. The van der Waals surface area contributed by atoms with Crippen molar-refractivity contribution < 1.29 is 13.6 Å². The van der Waals surface area contributed by atoms with Crippen LogP contribution in [0.25, 0.3) is 33.6 Å². The Bertz CT molecular complexity index is 1070. The van der Waals surface area contributed by atoms with E-state index in [4.69, 9.17) is 13.6 Å². The fourth-order valence-electron chi connectivity index (χ4n) is 2.79. The molecule has 0 saturated heterocycles. The number of methoxy groups -OCH3 is 1. The molecule has 2 aromatic heterocycles. The normalized spacial score (nSPS) is 10.9. The van der Waals surface area contributed by atoms with Crippen molar-refractivity contribution in [2.75, 3.05) is 7.11 Å². The zero-order chi connectivity index (χ0) is 16.5. The standard InChI is InChI=1S/C20H14O4/c1-22-16-8-4-3-7-14(16)18-10-11-19(23-18)15-12-20(21)24-17-9-5-2-6-13(15)17/h2-12H,1H3. The van der Waals surface area contributed by atoms with Gasteiger partial charge in [0.05, 0.1) is 12.7 Å². The van der Waals surface area contributed by atoms with Crippen LogP contribution in [0, 0.1) is 0 Å². The van der Waals surface area contributed by atoms with Crippen molar-refractivity contribution in [1.29, 1.82) is 0 Å². The maximum absolute atomic E-state index is 11.8. The van der Waals surface area contributed by atoms with Gasteiger partial charge in [-0.15, -0.1) is 0 Å². The topological polar surface area (TPSA) is 52.6 Å². The molecule has 0 spiro atoms. The van der Waals surface area contributed by atoms with Crippen LogP contribution in [0.5, 0.6) is 5.75 Å². The van der Waals surface area contributed by atoms with Crippen LogP contribution in [-0.2, 0) is 0 Å². The van der Waals surface area contributed by atoms with Gasteiger partial charge < -0.3 is 13.6 Å². The van der Waals surface area contributed by atoms with E-state index < -0.39 is 5.63 Å². The second-order valence-electron chi connectivity index (χ2n) is 5.34. The quantitative estimate of drug-likeness (QED) is 0.512. The molecule has 24 heavy (non-hydrogen) atoms. The Kier molecular flexibility index (Phi) is 3.43. The van der Waals surface area contributed by atoms with Crippen LogP contribution in [-0.4, -0.2) is 7.11 Å². The number of furan rings is 1. The van der Waals surface area contributed by atoms with Gasteiger partial charge in [-0.1, -0.05) is 30.3 Å². The van der Waals surface area contributed by atoms with Crippen molar-refractivity contribution in [3.63, 3.8) is 0 Å². The van der Waals surface area contributed by atoms with Crippen LogP contribution < -0.4 is 10.4 Å². The summed E-state index contributed by atoms with van der Waals surface area (Å²) in [7, 11) is 1.62. The van der Waals surface area contributed by atoms with Gasteiger partial charge in [-0.3, -0.25) is 0 Å². The molecule has 0 atom stereocenters. The van der Waals surface area contributed by atoms with Gasteiger partial charge in [0.1, 0.15) is 22.9 Å². The van der Waals surface area contributed by atoms with Crippen molar-refractivity contribution in [3.05, 3.63) is 77.2 Å². The first-order valence-corrected chi connectivity index (χ1v) is 7.53. The number of fused-ring (bicyclic) bond motifs is 1. The largest absolute Gasteiger partial charge is 0.496 e. The van der Waals surface area contributed by atoms with Crippen LogP contribution in [0.15, 0.2) is 80.4 Å². The van der Waals surface area contributed by atoms with Gasteiger partial charge >= 0.3 is 5.63 Å². The summed E-state index contributed by atoms with van der Waals surface area (Å²) in [4.78, 5) is 11.8. The summed E-state index contributed by atoms with van der Waals surface area (Å²) in [6.07, 6.45) is 0. The minimum atomic E-state index is -0.404. The molecule has 0 unspecified atom stereocenters. The molecule has 0 aliphatic heterocycles. The number of ether oxygens (including phenoxy) is 1. The van der Waals surface area contributed by atoms with Crippen molar-refractivity contribution in [2.45, 2.75) is 0 Å². The molecule has 0 saturated carbocycles. The first-order valence-electron chi connectivity index (χ1n) is 7.53. The second kappa shape index (κ2) is 5.74. The number of hydrogen-bond donors (Lipinski definition) is 0. The predicted molar refractivity (Wildman–Crippen MR) is 92.2 cm³/mol. The number of rotatable bonds is 3. The lowest BCUT2D eigenvalue weighted by molar-refractivity contribution is 0.415. The molecule has 0 radical (unpaired) electrons. The van der Waals surface area contributed by atoms with Crippen molar-refractivity contribution in [1.82, 2.24) is 0 Å². The summed E-state index contributed by atoms with van der Waals surface area (Å²) in [6, 6.07) is 20.2. The highest BCUT2D eigenvalue weighted by Crippen LogP contribution is 2.35. The SMILES string of the molecule is COc1ccccc1-c1ccc(-c2cc(=O)oc3ccccc23)o1. The predicted octanol–water partition coefficient (Wildman–Crippen LogP) is 4.73. The van der Waals surface area contributed by atoms with Crippen LogP contribution >= 0.6 is 0 Å². The average Bonchev–Trinajstić information content (AvgIpc) is 3.10. The minimum absolute atomic E-state index is 0.404. The van der Waals surface area contributed by atoms with Gasteiger partial charge in [-0.2, -0.15) is 0 Å². The molecular weight excluding hydrogens is 304 g/mol. The highest BCUT2D eigenvalue weighted by Gasteiger charge is 2.14. The van der Waals surface area contributed by atoms with Gasteiger partial charge in [-0.05, 0) is 30.3 Å².